The summed E-state index contributed by atoms with van der Waals surface area (Å²) in [4.78, 5) is 6.09. The Morgan fingerprint density at radius 3 is 2.72 bits per heavy atom. The molecule has 1 aliphatic rings. The molecule has 4 nitrogen and oxygen atoms in total. The van der Waals surface area contributed by atoms with Crippen molar-refractivity contribution in [1.82, 2.24) is 0 Å². The monoisotopic (exact) mass is 632 g/mol. The van der Waals surface area contributed by atoms with E-state index in [1.54, 1.807) is 11.3 Å². The SMILES string of the molecule is CCOc1cc(C=Nc2sc3c(c2C#N)CC[C@H](C(C)(C)C)C3)cc(I)c1OCc1ccccc1Cl. The summed E-state index contributed by atoms with van der Waals surface area (Å²) >= 11 is 10.2. The lowest BCUT2D eigenvalue weighted by Gasteiger charge is -2.33. The average molecular weight is 633 g/mol. The minimum atomic E-state index is 0.264. The van der Waals surface area contributed by atoms with E-state index in [0.29, 0.717) is 35.7 Å². The summed E-state index contributed by atoms with van der Waals surface area (Å²) in [5.41, 5.74) is 4.01. The standard InChI is InChI=1S/C29H30ClIN2O2S/c1-5-34-25-13-18(12-24(31)27(25)35-17-19-8-6-7-9-23(19)30)16-33-28-22(15-32)21-11-10-20(29(2,3)4)14-26(21)36-28/h6-9,12-13,16,20H,5,10-11,14,17H2,1-4H3/t20-/m0/s1. The zero-order valence-electron chi connectivity index (χ0n) is 21.0. The van der Waals surface area contributed by atoms with Crippen molar-refractivity contribution >= 4 is 56.7 Å². The van der Waals surface area contributed by atoms with E-state index >= 15 is 0 Å². The van der Waals surface area contributed by atoms with Crippen LogP contribution in [0.4, 0.5) is 5.00 Å². The molecule has 1 aliphatic carbocycles. The lowest BCUT2D eigenvalue weighted by Crippen LogP contribution is -2.26. The molecule has 0 fully saturated rings. The number of hydrogen-bond donors (Lipinski definition) is 0. The van der Waals surface area contributed by atoms with Crippen LogP contribution in [0.2, 0.25) is 5.02 Å². The largest absolute Gasteiger partial charge is 0.490 e. The van der Waals surface area contributed by atoms with E-state index in [9.17, 15) is 5.26 Å². The smallest absolute Gasteiger partial charge is 0.175 e. The van der Waals surface area contributed by atoms with Gasteiger partial charge in [-0.15, -0.1) is 11.3 Å². The first-order valence-electron chi connectivity index (χ1n) is 12.1. The lowest BCUT2D eigenvalue weighted by molar-refractivity contribution is 0.218. The van der Waals surface area contributed by atoms with Crippen molar-refractivity contribution in [1.29, 1.82) is 5.26 Å². The zero-order chi connectivity index (χ0) is 25.9. The van der Waals surface area contributed by atoms with Gasteiger partial charge in [-0.05, 0) is 89.4 Å². The molecule has 0 amide bonds. The Hall–Kier alpha value is -2.08. The molecule has 4 rings (SSSR count). The molecular formula is C29H30ClIN2O2S. The Bertz CT molecular complexity index is 1320. The second-order valence-corrected chi connectivity index (χ2v) is 12.7. The van der Waals surface area contributed by atoms with E-state index in [1.807, 2.05) is 49.5 Å². The van der Waals surface area contributed by atoms with Gasteiger partial charge < -0.3 is 9.47 Å². The van der Waals surface area contributed by atoms with Crippen molar-refractivity contribution in [2.24, 2.45) is 16.3 Å². The molecule has 0 N–H and O–H groups in total. The van der Waals surface area contributed by atoms with E-state index in [4.69, 9.17) is 26.1 Å². The van der Waals surface area contributed by atoms with Crippen molar-refractivity contribution in [3.8, 4) is 17.6 Å². The highest BCUT2D eigenvalue weighted by Gasteiger charge is 2.32. The van der Waals surface area contributed by atoms with Gasteiger partial charge in [-0.1, -0.05) is 50.6 Å². The quantitative estimate of drug-likeness (QED) is 0.193. The molecule has 0 saturated carbocycles. The van der Waals surface area contributed by atoms with Crippen molar-refractivity contribution in [3.05, 3.63) is 72.1 Å². The second-order valence-electron chi connectivity index (χ2n) is 10.0. The summed E-state index contributed by atoms with van der Waals surface area (Å²) < 4.78 is 13.0. The summed E-state index contributed by atoms with van der Waals surface area (Å²) in [7, 11) is 0. The molecule has 0 aliphatic heterocycles. The van der Waals surface area contributed by atoms with Gasteiger partial charge in [0.1, 0.15) is 17.7 Å². The zero-order valence-corrected chi connectivity index (χ0v) is 24.8. The number of thiophene rings is 1. The van der Waals surface area contributed by atoms with Crippen LogP contribution in [0.1, 0.15) is 61.2 Å². The minimum Gasteiger partial charge on any atom is -0.490 e. The van der Waals surface area contributed by atoms with Crippen LogP contribution in [0.5, 0.6) is 11.5 Å². The molecule has 1 heterocycles. The molecule has 7 heteroatoms. The Labute approximate surface area is 236 Å². The number of nitrogens with zero attached hydrogens (tertiary/aromatic N) is 2. The number of nitriles is 1. The lowest BCUT2D eigenvalue weighted by atomic mass is 9.72. The van der Waals surface area contributed by atoms with Crippen LogP contribution >= 0.6 is 45.5 Å². The third kappa shape index (κ3) is 6.07. The predicted octanol–water partition coefficient (Wildman–Crippen LogP) is 8.76. The number of halogens is 2. The highest BCUT2D eigenvalue weighted by Crippen LogP contribution is 2.45. The topological polar surface area (TPSA) is 54.6 Å². The van der Waals surface area contributed by atoms with Crippen LogP contribution in [0, 0.1) is 26.2 Å². The van der Waals surface area contributed by atoms with Crippen LogP contribution in [-0.2, 0) is 19.4 Å². The predicted molar refractivity (Wildman–Crippen MR) is 157 cm³/mol. The van der Waals surface area contributed by atoms with Gasteiger partial charge in [-0.25, -0.2) is 4.99 Å². The number of hydrogen-bond acceptors (Lipinski definition) is 5. The van der Waals surface area contributed by atoms with Crippen LogP contribution in [0.3, 0.4) is 0 Å². The molecule has 0 radical (unpaired) electrons. The van der Waals surface area contributed by atoms with Gasteiger partial charge in [-0.3, -0.25) is 0 Å². The molecule has 2 aromatic carbocycles. The average Bonchev–Trinajstić information content (AvgIpc) is 3.19. The van der Waals surface area contributed by atoms with Gasteiger partial charge in [0.05, 0.1) is 15.7 Å². The van der Waals surface area contributed by atoms with Crippen molar-refractivity contribution in [3.63, 3.8) is 0 Å². The Kier molecular flexibility index (Phi) is 8.64. The summed E-state index contributed by atoms with van der Waals surface area (Å²) in [5.74, 6) is 1.98. The molecule has 1 atom stereocenters. The third-order valence-corrected chi connectivity index (χ3v) is 8.91. The van der Waals surface area contributed by atoms with Crippen LogP contribution in [-0.4, -0.2) is 12.8 Å². The van der Waals surface area contributed by atoms with E-state index in [-0.39, 0.29) is 5.41 Å². The Morgan fingerprint density at radius 2 is 2.03 bits per heavy atom. The summed E-state index contributed by atoms with van der Waals surface area (Å²) in [6, 6.07) is 14.0. The maximum absolute atomic E-state index is 9.89. The number of rotatable bonds is 7. The van der Waals surface area contributed by atoms with Gasteiger partial charge in [-0.2, -0.15) is 5.26 Å². The van der Waals surface area contributed by atoms with Gasteiger partial charge >= 0.3 is 0 Å². The van der Waals surface area contributed by atoms with E-state index in [0.717, 1.165) is 44.5 Å². The van der Waals surface area contributed by atoms with Gasteiger partial charge in [0.2, 0.25) is 0 Å². The third-order valence-electron chi connectivity index (χ3n) is 6.58. The molecule has 3 aromatic rings. The second kappa shape index (κ2) is 11.5. The molecular weight excluding hydrogens is 603 g/mol. The van der Waals surface area contributed by atoms with Crippen LogP contribution in [0.25, 0.3) is 0 Å². The highest BCUT2D eigenvalue weighted by molar-refractivity contribution is 14.1. The molecule has 0 bridgehead atoms. The highest BCUT2D eigenvalue weighted by atomic mass is 127. The van der Waals surface area contributed by atoms with Crippen molar-refractivity contribution < 1.29 is 9.47 Å². The Morgan fingerprint density at radius 1 is 1.25 bits per heavy atom. The molecule has 0 saturated heterocycles. The maximum Gasteiger partial charge on any atom is 0.175 e. The fourth-order valence-electron chi connectivity index (χ4n) is 4.48. The normalized spacial score (nSPS) is 15.5. The maximum atomic E-state index is 9.89. The number of benzene rings is 2. The van der Waals surface area contributed by atoms with E-state index in [1.165, 1.54) is 10.4 Å². The number of fused-ring (bicyclic) bond motifs is 1. The van der Waals surface area contributed by atoms with Crippen molar-refractivity contribution in [2.45, 2.75) is 53.6 Å². The van der Waals surface area contributed by atoms with E-state index < -0.39 is 0 Å². The fraction of sp³-hybridized carbons (Fsp3) is 0.379. The molecule has 0 unspecified atom stereocenters. The summed E-state index contributed by atoms with van der Waals surface area (Å²) in [6.45, 7) is 9.74. The minimum absolute atomic E-state index is 0.264. The van der Waals surface area contributed by atoms with Gasteiger partial charge in [0.15, 0.2) is 11.5 Å². The summed E-state index contributed by atoms with van der Waals surface area (Å²) in [6.07, 6.45) is 4.92. The fourth-order valence-corrected chi connectivity index (χ4v) is 6.67. The van der Waals surface area contributed by atoms with Crippen LogP contribution in [0.15, 0.2) is 41.4 Å². The molecule has 36 heavy (non-hydrogen) atoms. The summed E-state index contributed by atoms with van der Waals surface area (Å²) in [5, 5.41) is 11.4. The number of ether oxygens (including phenoxy) is 2. The van der Waals surface area contributed by atoms with Crippen molar-refractivity contribution in [2.75, 3.05) is 6.61 Å². The Balaban J connectivity index is 1.59. The first-order chi connectivity index (χ1) is 17.2. The van der Waals surface area contributed by atoms with E-state index in [2.05, 4.69) is 49.4 Å². The molecule has 0 spiro atoms. The molecule has 1 aromatic heterocycles. The first-order valence-corrected chi connectivity index (χ1v) is 14.4. The molecule has 188 valence electrons. The number of aliphatic imine (C=N–C) groups is 1. The first kappa shape index (κ1) is 27.0. The van der Waals surface area contributed by atoms with Gasteiger partial charge in [0.25, 0.3) is 0 Å². The van der Waals surface area contributed by atoms with Crippen LogP contribution < -0.4 is 9.47 Å². The van der Waals surface area contributed by atoms with Gasteiger partial charge in [0, 0.05) is 21.7 Å².